The first-order valence-corrected chi connectivity index (χ1v) is 25.5. The predicted molar refractivity (Wildman–Crippen MR) is 283 cm³/mol. The van der Waals surface area contributed by atoms with Crippen LogP contribution in [0.25, 0.3) is 34.4 Å². The van der Waals surface area contributed by atoms with Crippen molar-refractivity contribution in [3.05, 3.63) is 88.1 Å². The molecule has 0 radical (unpaired) electrons. The smallest absolute Gasteiger partial charge is 0.331 e. The number of carbonyl (C=O) groups is 2. The quantitative estimate of drug-likeness (QED) is 0.0308. The van der Waals surface area contributed by atoms with Gasteiger partial charge in [0.05, 0.1) is 41.7 Å². The van der Waals surface area contributed by atoms with Crippen molar-refractivity contribution < 1.29 is 142 Å². The van der Waals surface area contributed by atoms with Gasteiger partial charge in [0.2, 0.25) is 41.5 Å². The van der Waals surface area contributed by atoms with E-state index in [0.29, 0.717) is 5.56 Å². The number of methoxy groups -OCH3 is 4. The van der Waals surface area contributed by atoms with Gasteiger partial charge < -0.3 is 133 Å². The highest BCUT2D eigenvalue weighted by Crippen LogP contribution is 2.43. The van der Waals surface area contributed by atoms with Gasteiger partial charge in [-0.1, -0.05) is 0 Å². The van der Waals surface area contributed by atoms with E-state index in [4.69, 9.17) is 61.3 Å². The summed E-state index contributed by atoms with van der Waals surface area (Å²) in [6.07, 6.45) is -25.1. The summed E-state index contributed by atoms with van der Waals surface area (Å²) >= 11 is 0. The average Bonchev–Trinajstić information content (AvgIpc) is 3.64. The third kappa shape index (κ3) is 13.4. The highest BCUT2D eigenvalue weighted by atomic mass is 16.7. The van der Waals surface area contributed by atoms with E-state index in [1.807, 2.05) is 0 Å². The maximum absolute atomic E-state index is 14.7. The van der Waals surface area contributed by atoms with Crippen molar-refractivity contribution in [2.24, 2.45) is 0 Å². The molecule has 30 heteroatoms. The van der Waals surface area contributed by atoms with Crippen LogP contribution >= 0.6 is 0 Å². The summed E-state index contributed by atoms with van der Waals surface area (Å²) in [4.78, 5) is 41.2. The van der Waals surface area contributed by atoms with E-state index in [2.05, 4.69) is 0 Å². The Labute approximate surface area is 479 Å². The van der Waals surface area contributed by atoms with Gasteiger partial charge in [-0.2, -0.15) is 0 Å². The van der Waals surface area contributed by atoms with Crippen LogP contribution in [0, 0.1) is 0 Å². The Morgan fingerprint density at radius 2 is 1.01 bits per heavy atom. The van der Waals surface area contributed by atoms with E-state index in [-0.39, 0.29) is 45.6 Å². The molecule has 0 saturated carbocycles. The summed E-state index contributed by atoms with van der Waals surface area (Å²) in [5.41, 5.74) is -1.55. The average molecular weight is 1200 g/mol. The molecule has 3 saturated heterocycles. The number of phenols is 4. The molecule has 0 bridgehead atoms. The van der Waals surface area contributed by atoms with Gasteiger partial charge in [-0.3, -0.25) is 4.79 Å². The lowest BCUT2D eigenvalue weighted by Crippen LogP contribution is -2.61. The van der Waals surface area contributed by atoms with Gasteiger partial charge in [-0.05, 0) is 65.7 Å². The first kappa shape index (κ1) is 62.8. The molecule has 0 amide bonds. The van der Waals surface area contributed by atoms with Crippen molar-refractivity contribution in [1.29, 1.82) is 0 Å². The minimum Gasteiger partial charge on any atom is -0.508 e. The lowest BCUT2D eigenvalue weighted by Gasteiger charge is -2.41. The van der Waals surface area contributed by atoms with Crippen LogP contribution in [0.4, 0.5) is 0 Å². The van der Waals surface area contributed by atoms with Crippen molar-refractivity contribution in [2.45, 2.75) is 92.1 Å². The number of aliphatic hydroxyl groups excluding tert-OH is 10. The number of hydrogen-bond donors (Lipinski definition) is 14. The maximum atomic E-state index is 14.7. The molecule has 4 aromatic carbocycles. The second kappa shape index (κ2) is 26.8. The molecule has 15 atom stereocenters. The van der Waals surface area contributed by atoms with E-state index < -0.39 is 175 Å². The maximum Gasteiger partial charge on any atom is 0.331 e. The van der Waals surface area contributed by atoms with Crippen molar-refractivity contribution in [1.82, 2.24) is 0 Å². The van der Waals surface area contributed by atoms with Crippen LogP contribution < -0.4 is 38.6 Å². The molecular formula is C55H60O30. The minimum absolute atomic E-state index is 0.0117. The van der Waals surface area contributed by atoms with Crippen molar-refractivity contribution in [3.8, 4) is 74.6 Å². The number of aliphatic hydroxyl groups is 10. The fraction of sp³-hybridized carbons (Fsp3) is 0.400. The summed E-state index contributed by atoms with van der Waals surface area (Å²) in [5.74, 6) is -7.22. The van der Waals surface area contributed by atoms with Crippen molar-refractivity contribution >= 4 is 35.1 Å². The lowest BCUT2D eigenvalue weighted by molar-refractivity contribution is -0.282. The number of hydrogen-bond acceptors (Lipinski definition) is 30. The fourth-order valence-electron chi connectivity index (χ4n) is 9.10. The van der Waals surface area contributed by atoms with E-state index >= 15 is 0 Å². The predicted octanol–water partition coefficient (Wildman–Crippen LogP) is -1.62. The Bertz CT molecular complexity index is 3270. The van der Waals surface area contributed by atoms with Gasteiger partial charge in [0.25, 0.3) is 0 Å². The van der Waals surface area contributed by atoms with Crippen molar-refractivity contribution in [3.63, 3.8) is 0 Å². The molecular weight excluding hydrogens is 1140 g/mol. The van der Waals surface area contributed by atoms with Crippen LogP contribution in [0.1, 0.15) is 11.1 Å². The highest BCUT2D eigenvalue weighted by Gasteiger charge is 2.50. The van der Waals surface area contributed by atoms with Gasteiger partial charge in [0.15, 0.2) is 46.4 Å². The van der Waals surface area contributed by atoms with Gasteiger partial charge >= 0.3 is 11.9 Å². The molecule has 0 spiro atoms. The van der Waals surface area contributed by atoms with Crippen LogP contribution in [0.15, 0.2) is 76.0 Å². The molecule has 3 aliphatic heterocycles. The summed E-state index contributed by atoms with van der Waals surface area (Å²) < 4.78 is 72.8. The normalized spacial score (nSPS) is 27.8. The topological polar surface area (TPSA) is 458 Å². The number of esters is 2. The number of rotatable bonds is 20. The standard InChI is InChI=1S/C55H60O30/c1-73-29-11-21(12-30(74-2)39(29)62)5-9-36(60)77-20-35-43(66)46(69)49(72)54(83-35)80-27-15-23(7-8-26(27)79-53-48(71)45(68)41(64)33(18-56)81-53)50-51(44(67)38-25(59)16-24(58)17-28(38)78-50)85-55-52(47(70)42(65)34(19-57)82-55)84-37(61)10-6-22-13-31(75-3)40(63)32(14-22)76-4/h5-17,33-35,41-43,45-49,52-59,62-66,68-72H,18-20H2,1-4H3/b9-5+,10-6+/t33-,34?,35-,41-,42-,43-,45?,46?,47+,48?,49?,52?,53-,54-,55+/m1/s1. The van der Waals surface area contributed by atoms with Crippen LogP contribution in [0.5, 0.6) is 63.2 Å². The summed E-state index contributed by atoms with van der Waals surface area (Å²) in [7, 11) is 5.10. The number of phenolic OH excluding ortho intramolecular Hbond substituents is 4. The molecule has 3 fully saturated rings. The zero-order valence-corrected chi connectivity index (χ0v) is 45.1. The number of ether oxygens (including phenoxy) is 12. The summed E-state index contributed by atoms with van der Waals surface area (Å²) in [6.45, 7) is -2.70. The number of carbonyl (C=O) groups excluding carboxylic acids is 2. The van der Waals surface area contributed by atoms with Gasteiger partial charge in [0, 0.05) is 29.8 Å². The van der Waals surface area contributed by atoms with E-state index in [9.17, 15) is 85.9 Å². The Morgan fingerprint density at radius 1 is 0.529 bits per heavy atom. The van der Waals surface area contributed by atoms with E-state index in [1.165, 1.54) is 64.9 Å². The fourth-order valence-corrected chi connectivity index (χ4v) is 9.10. The van der Waals surface area contributed by atoms with Gasteiger partial charge in [-0.25, -0.2) is 9.59 Å². The molecule has 0 aliphatic carbocycles. The Balaban J connectivity index is 1.17. The number of aromatic hydroxyl groups is 4. The monoisotopic (exact) mass is 1200 g/mol. The number of benzene rings is 4. The van der Waals surface area contributed by atoms with Crippen molar-refractivity contribution in [2.75, 3.05) is 48.3 Å². The molecule has 8 rings (SSSR count). The summed E-state index contributed by atoms with van der Waals surface area (Å²) in [5, 5.41) is 150. The Hall–Kier alpha value is -8.21. The molecule has 5 aromatic rings. The third-order valence-corrected chi connectivity index (χ3v) is 13.7. The largest absolute Gasteiger partial charge is 0.508 e. The zero-order valence-electron chi connectivity index (χ0n) is 45.1. The Kier molecular flexibility index (Phi) is 19.8. The summed E-state index contributed by atoms with van der Waals surface area (Å²) in [6, 6.07) is 10.2. The molecule has 85 heavy (non-hydrogen) atoms. The molecule has 4 heterocycles. The second-order valence-electron chi connectivity index (χ2n) is 19.1. The molecule has 6 unspecified atom stereocenters. The molecule has 14 N–H and O–H groups in total. The molecule has 3 aliphatic rings. The van der Waals surface area contributed by atoms with E-state index in [0.717, 1.165) is 42.5 Å². The number of fused-ring (bicyclic) bond motifs is 1. The Morgan fingerprint density at radius 3 is 1.54 bits per heavy atom. The van der Waals surface area contributed by atoms with Crippen LogP contribution in [0.3, 0.4) is 0 Å². The van der Waals surface area contributed by atoms with Crippen LogP contribution in [-0.2, 0) is 33.3 Å². The van der Waals surface area contributed by atoms with E-state index in [1.54, 1.807) is 0 Å². The zero-order chi connectivity index (χ0) is 61.7. The molecule has 30 nitrogen and oxygen atoms in total. The highest BCUT2D eigenvalue weighted by molar-refractivity contribution is 5.89. The van der Waals surface area contributed by atoms with Gasteiger partial charge in [0.1, 0.15) is 96.2 Å². The second-order valence-corrected chi connectivity index (χ2v) is 19.1. The first-order chi connectivity index (χ1) is 40.5. The molecule has 1 aromatic heterocycles. The SMILES string of the molecule is COc1cc(/C=C/C(=O)OC[C@H]2O[C@@H](Oc3cc(-c4oc5cc(O)cc(O)c5c(=O)c4O[C@@H]4OC(CO)[C@@H](O)[C@H](O)C4OC(=O)/C=C/c4cc(OC)c(O)c(OC)c4)ccc3O[C@@H]3O[C@H](CO)[C@@H](O)C(O)C3O)C(O)C(O)[C@@H]2O)cc(OC)c1O. The minimum atomic E-state index is -2.17. The third-order valence-electron chi connectivity index (χ3n) is 13.7. The first-order valence-electron chi connectivity index (χ1n) is 25.5. The molecule has 460 valence electrons. The lowest BCUT2D eigenvalue weighted by atomic mass is 9.99. The van der Waals surface area contributed by atoms with Crippen LogP contribution in [0.2, 0.25) is 0 Å². The van der Waals surface area contributed by atoms with Gasteiger partial charge in [-0.15, -0.1) is 0 Å². The van der Waals surface area contributed by atoms with Crippen LogP contribution in [-0.4, -0.2) is 224 Å².